The molecule has 0 aromatic carbocycles. The number of halogens is 1. The Hall–Kier alpha value is -0.720. The van der Waals surface area contributed by atoms with Gasteiger partial charge in [0, 0.05) is 23.5 Å². The van der Waals surface area contributed by atoms with Crippen molar-refractivity contribution >= 4 is 27.3 Å². The molecule has 0 aliphatic heterocycles. The number of thiazole rings is 1. The number of aromatic nitrogens is 3. The standard InChI is InChI=1S/C15H23BrN4S/c1-5-6-17-13(7-14-19-11(4)9-21-14)15-12(16)8-18-20(15)10(2)3/h8-10,13,17H,5-7H2,1-4H3. The van der Waals surface area contributed by atoms with Crippen LogP contribution in [0.1, 0.15) is 55.7 Å². The van der Waals surface area contributed by atoms with Gasteiger partial charge in [-0.05, 0) is 49.7 Å². The lowest BCUT2D eigenvalue weighted by Gasteiger charge is -2.21. The Morgan fingerprint density at radius 1 is 1.43 bits per heavy atom. The highest BCUT2D eigenvalue weighted by Gasteiger charge is 2.22. The Morgan fingerprint density at radius 2 is 2.19 bits per heavy atom. The number of hydrogen-bond acceptors (Lipinski definition) is 4. The van der Waals surface area contributed by atoms with Gasteiger partial charge in [-0.2, -0.15) is 5.10 Å². The van der Waals surface area contributed by atoms with Crippen molar-refractivity contribution in [1.82, 2.24) is 20.1 Å². The molecule has 2 aromatic heterocycles. The minimum atomic E-state index is 0.231. The maximum Gasteiger partial charge on any atom is 0.0947 e. The van der Waals surface area contributed by atoms with E-state index in [1.807, 2.05) is 13.1 Å². The molecule has 0 saturated carbocycles. The van der Waals surface area contributed by atoms with E-state index in [9.17, 15) is 0 Å². The van der Waals surface area contributed by atoms with Crippen molar-refractivity contribution in [2.75, 3.05) is 6.54 Å². The van der Waals surface area contributed by atoms with Crippen LogP contribution < -0.4 is 5.32 Å². The molecule has 1 unspecified atom stereocenters. The highest BCUT2D eigenvalue weighted by molar-refractivity contribution is 9.10. The summed E-state index contributed by atoms with van der Waals surface area (Å²) >= 11 is 5.39. The minimum Gasteiger partial charge on any atom is -0.308 e. The van der Waals surface area contributed by atoms with Gasteiger partial charge < -0.3 is 5.32 Å². The molecule has 1 atom stereocenters. The van der Waals surface area contributed by atoms with Crippen molar-refractivity contribution in [2.24, 2.45) is 0 Å². The van der Waals surface area contributed by atoms with Gasteiger partial charge in [0.25, 0.3) is 0 Å². The third-order valence-corrected chi connectivity index (χ3v) is 4.89. The van der Waals surface area contributed by atoms with Gasteiger partial charge in [0.2, 0.25) is 0 Å². The molecular formula is C15H23BrN4S. The van der Waals surface area contributed by atoms with E-state index in [4.69, 9.17) is 0 Å². The van der Waals surface area contributed by atoms with E-state index in [0.29, 0.717) is 6.04 Å². The van der Waals surface area contributed by atoms with Crippen LogP contribution in [0.2, 0.25) is 0 Å². The number of nitrogens with zero attached hydrogens (tertiary/aromatic N) is 3. The average Bonchev–Trinajstić information content (AvgIpc) is 3.01. The SMILES string of the molecule is CCCNC(Cc1nc(C)cs1)c1c(Br)cnn1C(C)C. The maximum absolute atomic E-state index is 4.61. The third kappa shape index (κ3) is 4.14. The first-order valence-corrected chi connectivity index (χ1v) is 9.07. The van der Waals surface area contributed by atoms with Crippen molar-refractivity contribution in [3.63, 3.8) is 0 Å². The van der Waals surface area contributed by atoms with E-state index in [2.05, 4.69) is 62.2 Å². The molecule has 21 heavy (non-hydrogen) atoms. The van der Waals surface area contributed by atoms with Gasteiger partial charge in [-0.15, -0.1) is 11.3 Å². The molecule has 2 rings (SSSR count). The zero-order chi connectivity index (χ0) is 15.4. The normalized spacial score (nSPS) is 13.0. The smallest absolute Gasteiger partial charge is 0.0947 e. The fourth-order valence-electron chi connectivity index (χ4n) is 2.34. The van der Waals surface area contributed by atoms with E-state index >= 15 is 0 Å². The predicted molar refractivity (Wildman–Crippen MR) is 91.9 cm³/mol. The van der Waals surface area contributed by atoms with Gasteiger partial charge in [-0.25, -0.2) is 4.98 Å². The highest BCUT2D eigenvalue weighted by Crippen LogP contribution is 2.29. The monoisotopic (exact) mass is 370 g/mol. The van der Waals surface area contributed by atoms with E-state index in [0.717, 1.165) is 29.6 Å². The molecule has 116 valence electrons. The molecular weight excluding hydrogens is 348 g/mol. The summed E-state index contributed by atoms with van der Waals surface area (Å²) in [4.78, 5) is 4.61. The fraction of sp³-hybridized carbons (Fsp3) is 0.600. The lowest BCUT2D eigenvalue weighted by Crippen LogP contribution is -2.27. The van der Waals surface area contributed by atoms with Crippen LogP contribution in [-0.2, 0) is 6.42 Å². The molecule has 1 N–H and O–H groups in total. The summed E-state index contributed by atoms with van der Waals surface area (Å²) in [6.45, 7) is 9.54. The number of aryl methyl sites for hydroxylation is 1. The highest BCUT2D eigenvalue weighted by atomic mass is 79.9. The quantitative estimate of drug-likeness (QED) is 0.790. The Bertz CT molecular complexity index is 576. The van der Waals surface area contributed by atoms with E-state index in [1.54, 1.807) is 11.3 Å². The Morgan fingerprint density at radius 3 is 2.76 bits per heavy atom. The molecule has 6 heteroatoms. The molecule has 0 aliphatic carbocycles. The maximum atomic E-state index is 4.61. The van der Waals surface area contributed by atoms with E-state index in [-0.39, 0.29) is 6.04 Å². The topological polar surface area (TPSA) is 42.7 Å². The molecule has 4 nitrogen and oxygen atoms in total. The third-order valence-electron chi connectivity index (χ3n) is 3.29. The summed E-state index contributed by atoms with van der Waals surface area (Å²) in [6.07, 6.45) is 3.90. The van der Waals surface area contributed by atoms with Crippen molar-refractivity contribution in [3.05, 3.63) is 32.4 Å². The molecule has 2 heterocycles. The number of rotatable bonds is 7. The second-order valence-corrected chi connectivity index (χ2v) is 7.31. The molecule has 0 spiro atoms. The average molecular weight is 371 g/mol. The summed E-state index contributed by atoms with van der Waals surface area (Å²) in [7, 11) is 0. The van der Waals surface area contributed by atoms with Gasteiger partial charge in [-0.3, -0.25) is 4.68 Å². The van der Waals surface area contributed by atoms with Crippen molar-refractivity contribution in [1.29, 1.82) is 0 Å². The number of nitrogens with one attached hydrogen (secondary N) is 1. The first kappa shape index (κ1) is 16.6. The second kappa shape index (κ2) is 7.51. The zero-order valence-corrected chi connectivity index (χ0v) is 15.5. The van der Waals surface area contributed by atoms with Crippen LogP contribution in [0.15, 0.2) is 16.0 Å². The molecule has 0 fully saturated rings. The summed E-state index contributed by atoms with van der Waals surface area (Å²) in [6, 6.07) is 0.574. The Balaban J connectivity index is 2.29. The van der Waals surface area contributed by atoms with Crippen LogP contribution >= 0.6 is 27.3 Å². The van der Waals surface area contributed by atoms with Gasteiger partial charge in [0.05, 0.1) is 27.4 Å². The van der Waals surface area contributed by atoms with Crippen LogP contribution in [-0.4, -0.2) is 21.3 Å². The van der Waals surface area contributed by atoms with Crippen LogP contribution in [0.3, 0.4) is 0 Å². The second-order valence-electron chi connectivity index (χ2n) is 5.51. The summed E-state index contributed by atoms with van der Waals surface area (Å²) in [5, 5.41) is 11.4. The van der Waals surface area contributed by atoms with Gasteiger partial charge in [-0.1, -0.05) is 6.92 Å². The van der Waals surface area contributed by atoms with Crippen molar-refractivity contribution in [2.45, 2.75) is 52.6 Å². The largest absolute Gasteiger partial charge is 0.308 e. The molecule has 0 amide bonds. The summed E-state index contributed by atoms with van der Waals surface area (Å²) in [5.41, 5.74) is 2.31. The molecule has 0 bridgehead atoms. The predicted octanol–water partition coefficient (Wildman–Crippen LogP) is 4.27. The van der Waals surface area contributed by atoms with Crippen LogP contribution in [0.4, 0.5) is 0 Å². The molecule has 0 radical (unpaired) electrons. The summed E-state index contributed by atoms with van der Waals surface area (Å²) < 4.78 is 3.16. The molecule has 0 saturated heterocycles. The zero-order valence-electron chi connectivity index (χ0n) is 13.1. The van der Waals surface area contributed by atoms with Crippen molar-refractivity contribution in [3.8, 4) is 0 Å². The van der Waals surface area contributed by atoms with Crippen LogP contribution in [0.5, 0.6) is 0 Å². The minimum absolute atomic E-state index is 0.231. The molecule has 0 aliphatic rings. The fourth-order valence-corrected chi connectivity index (χ4v) is 3.71. The first-order valence-electron chi connectivity index (χ1n) is 7.40. The van der Waals surface area contributed by atoms with E-state index < -0.39 is 0 Å². The van der Waals surface area contributed by atoms with Crippen LogP contribution in [0, 0.1) is 6.92 Å². The lowest BCUT2D eigenvalue weighted by molar-refractivity contribution is 0.440. The van der Waals surface area contributed by atoms with Crippen molar-refractivity contribution < 1.29 is 0 Å². The lowest BCUT2D eigenvalue weighted by atomic mass is 10.1. The van der Waals surface area contributed by atoms with Gasteiger partial charge in [0.15, 0.2) is 0 Å². The first-order chi connectivity index (χ1) is 10.0. The van der Waals surface area contributed by atoms with Gasteiger partial charge in [0.1, 0.15) is 0 Å². The Labute approximate surface area is 139 Å². The van der Waals surface area contributed by atoms with E-state index in [1.165, 1.54) is 10.7 Å². The molecule has 2 aromatic rings. The summed E-state index contributed by atoms with van der Waals surface area (Å²) in [5.74, 6) is 0. The van der Waals surface area contributed by atoms with Gasteiger partial charge >= 0.3 is 0 Å². The number of hydrogen-bond donors (Lipinski definition) is 1. The Kier molecular flexibility index (Phi) is 5.96. The van der Waals surface area contributed by atoms with Crippen LogP contribution in [0.25, 0.3) is 0 Å².